The van der Waals surface area contributed by atoms with E-state index < -0.39 is 10.0 Å². The molecular formula is C10H18N4O2S. The van der Waals surface area contributed by atoms with Gasteiger partial charge in [0.25, 0.3) is 10.0 Å². The molecule has 1 aromatic heterocycles. The Kier molecular flexibility index (Phi) is 3.50. The molecule has 0 spiro atoms. The minimum absolute atomic E-state index is 0.0212. The normalized spacial score (nSPS) is 20.9. The molecule has 1 saturated heterocycles. The fourth-order valence-corrected chi connectivity index (χ4v) is 3.24. The first kappa shape index (κ1) is 12.5. The number of sulfonamides is 1. The summed E-state index contributed by atoms with van der Waals surface area (Å²) in [6, 6.07) is -0.0212. The first-order chi connectivity index (χ1) is 8.03. The average Bonchev–Trinajstić information content (AvgIpc) is 2.87. The lowest BCUT2D eigenvalue weighted by atomic mass is 10.3. The molecule has 0 amide bonds. The second-order valence-corrected chi connectivity index (χ2v) is 5.88. The molecule has 0 saturated carbocycles. The summed E-state index contributed by atoms with van der Waals surface area (Å²) in [5, 5.41) is 3.24. The van der Waals surface area contributed by atoms with Crippen LogP contribution in [-0.2, 0) is 16.6 Å². The van der Waals surface area contributed by atoms with E-state index in [4.69, 9.17) is 0 Å². The highest BCUT2D eigenvalue weighted by Gasteiger charge is 2.24. The Balaban J connectivity index is 2.18. The number of nitrogens with one attached hydrogen (secondary N) is 2. The summed E-state index contributed by atoms with van der Waals surface area (Å²) in [5.74, 6) is 0.720. The minimum Gasteiger partial charge on any atom is -0.334 e. The zero-order valence-electron chi connectivity index (χ0n) is 10.1. The van der Waals surface area contributed by atoms with Crippen LogP contribution in [0.2, 0.25) is 0 Å². The van der Waals surface area contributed by atoms with Gasteiger partial charge in [-0.05, 0) is 26.8 Å². The largest absolute Gasteiger partial charge is 0.334 e. The molecule has 1 aromatic rings. The van der Waals surface area contributed by atoms with Crippen LogP contribution in [0, 0.1) is 6.92 Å². The van der Waals surface area contributed by atoms with Crippen molar-refractivity contribution < 1.29 is 8.42 Å². The van der Waals surface area contributed by atoms with Crippen molar-refractivity contribution in [3.8, 4) is 0 Å². The van der Waals surface area contributed by atoms with Gasteiger partial charge in [-0.3, -0.25) is 0 Å². The first-order valence-electron chi connectivity index (χ1n) is 5.79. The van der Waals surface area contributed by atoms with E-state index in [1.54, 1.807) is 13.1 Å². The minimum atomic E-state index is -3.48. The molecule has 0 unspecified atom stereocenters. The molecule has 17 heavy (non-hydrogen) atoms. The van der Waals surface area contributed by atoms with Gasteiger partial charge in [0, 0.05) is 25.3 Å². The Bertz CT molecular complexity index is 488. The van der Waals surface area contributed by atoms with Crippen LogP contribution in [0.4, 0.5) is 0 Å². The number of rotatable bonds is 4. The summed E-state index contributed by atoms with van der Waals surface area (Å²) in [6.45, 7) is 6.03. The van der Waals surface area contributed by atoms with Crippen LogP contribution in [0.25, 0.3) is 0 Å². The molecule has 0 aromatic carbocycles. The molecule has 6 nitrogen and oxygen atoms in total. The van der Waals surface area contributed by atoms with E-state index in [-0.39, 0.29) is 11.1 Å². The predicted octanol–water partition coefficient (Wildman–Crippen LogP) is -0.148. The van der Waals surface area contributed by atoms with Crippen molar-refractivity contribution in [3.05, 3.63) is 12.0 Å². The zero-order chi connectivity index (χ0) is 12.5. The maximum atomic E-state index is 12.1. The molecule has 0 radical (unpaired) electrons. The second-order valence-electron chi connectivity index (χ2n) is 4.22. The van der Waals surface area contributed by atoms with Gasteiger partial charge in [0.15, 0.2) is 5.03 Å². The predicted molar refractivity (Wildman–Crippen MR) is 64.2 cm³/mol. The molecule has 2 rings (SSSR count). The Labute approximate surface area is 101 Å². The van der Waals surface area contributed by atoms with E-state index in [1.165, 1.54) is 0 Å². The quantitative estimate of drug-likeness (QED) is 0.787. The molecule has 2 heterocycles. The van der Waals surface area contributed by atoms with Crippen LogP contribution in [0.15, 0.2) is 11.2 Å². The molecule has 96 valence electrons. The highest BCUT2D eigenvalue weighted by molar-refractivity contribution is 7.89. The molecule has 1 atom stereocenters. The van der Waals surface area contributed by atoms with Gasteiger partial charge in [-0.25, -0.2) is 18.1 Å². The van der Waals surface area contributed by atoms with Crippen molar-refractivity contribution >= 4 is 10.0 Å². The monoisotopic (exact) mass is 258 g/mol. The first-order valence-corrected chi connectivity index (χ1v) is 7.28. The summed E-state index contributed by atoms with van der Waals surface area (Å²) in [4.78, 5) is 4.09. The zero-order valence-corrected chi connectivity index (χ0v) is 10.9. The van der Waals surface area contributed by atoms with E-state index in [1.807, 2.05) is 11.5 Å². The van der Waals surface area contributed by atoms with Crippen LogP contribution < -0.4 is 10.0 Å². The lowest BCUT2D eigenvalue weighted by Gasteiger charge is -2.09. The van der Waals surface area contributed by atoms with Gasteiger partial charge >= 0.3 is 0 Å². The summed E-state index contributed by atoms with van der Waals surface area (Å²) in [5.41, 5.74) is 0. The molecule has 0 bridgehead atoms. The third-order valence-electron chi connectivity index (χ3n) is 2.95. The second kappa shape index (κ2) is 4.75. The van der Waals surface area contributed by atoms with Gasteiger partial charge in [0.1, 0.15) is 5.82 Å². The Hall–Kier alpha value is -0.920. The summed E-state index contributed by atoms with van der Waals surface area (Å²) < 4.78 is 28.6. The van der Waals surface area contributed by atoms with Gasteiger partial charge in [0.2, 0.25) is 0 Å². The van der Waals surface area contributed by atoms with E-state index in [9.17, 15) is 8.42 Å². The van der Waals surface area contributed by atoms with Crippen molar-refractivity contribution in [2.75, 3.05) is 13.1 Å². The van der Waals surface area contributed by atoms with Gasteiger partial charge in [-0.15, -0.1) is 0 Å². The van der Waals surface area contributed by atoms with Gasteiger partial charge in [0.05, 0.1) is 0 Å². The lowest BCUT2D eigenvalue weighted by molar-refractivity contribution is 0.557. The van der Waals surface area contributed by atoms with Crippen LogP contribution in [-0.4, -0.2) is 37.1 Å². The third-order valence-corrected chi connectivity index (χ3v) is 4.34. The fraction of sp³-hybridized carbons (Fsp3) is 0.700. The number of nitrogens with zero attached hydrogens (tertiary/aromatic N) is 2. The SMILES string of the molecule is CCn1cc(S(=O)(=O)N[C@H]2CCNC2)nc1C. The van der Waals surface area contributed by atoms with E-state index in [0.717, 1.165) is 25.3 Å². The number of aryl methyl sites for hydroxylation is 2. The van der Waals surface area contributed by atoms with Crippen molar-refractivity contribution in [2.45, 2.75) is 37.9 Å². The number of hydrogen-bond acceptors (Lipinski definition) is 4. The Morgan fingerprint density at radius 3 is 2.94 bits per heavy atom. The lowest BCUT2D eigenvalue weighted by Crippen LogP contribution is -2.36. The number of aromatic nitrogens is 2. The van der Waals surface area contributed by atoms with Crippen LogP contribution >= 0.6 is 0 Å². The summed E-state index contributed by atoms with van der Waals surface area (Å²) in [7, 11) is -3.48. The average molecular weight is 258 g/mol. The van der Waals surface area contributed by atoms with Crippen molar-refractivity contribution in [1.29, 1.82) is 0 Å². The molecule has 1 aliphatic heterocycles. The van der Waals surface area contributed by atoms with Crippen molar-refractivity contribution in [1.82, 2.24) is 19.6 Å². The molecule has 2 N–H and O–H groups in total. The summed E-state index contributed by atoms with van der Waals surface area (Å²) in [6.07, 6.45) is 2.41. The standard InChI is InChI=1S/C10H18N4O2S/c1-3-14-7-10(12-8(14)2)17(15,16)13-9-4-5-11-6-9/h7,9,11,13H,3-6H2,1-2H3/t9-/m0/s1. The van der Waals surface area contributed by atoms with Crippen molar-refractivity contribution in [2.24, 2.45) is 0 Å². The van der Waals surface area contributed by atoms with E-state index in [2.05, 4.69) is 15.0 Å². The van der Waals surface area contributed by atoms with Crippen LogP contribution in [0.5, 0.6) is 0 Å². The number of imidazole rings is 1. The smallest absolute Gasteiger partial charge is 0.259 e. The van der Waals surface area contributed by atoms with Crippen LogP contribution in [0.1, 0.15) is 19.2 Å². The molecule has 1 aliphatic rings. The van der Waals surface area contributed by atoms with Crippen molar-refractivity contribution in [3.63, 3.8) is 0 Å². The molecule has 7 heteroatoms. The topological polar surface area (TPSA) is 76.0 Å². The van der Waals surface area contributed by atoms with Gasteiger partial charge in [-0.2, -0.15) is 0 Å². The maximum absolute atomic E-state index is 12.1. The highest BCUT2D eigenvalue weighted by Crippen LogP contribution is 2.11. The Morgan fingerprint density at radius 1 is 1.65 bits per heavy atom. The molecule has 1 fully saturated rings. The Morgan fingerprint density at radius 2 is 2.41 bits per heavy atom. The van der Waals surface area contributed by atoms with Gasteiger partial charge < -0.3 is 9.88 Å². The van der Waals surface area contributed by atoms with E-state index in [0.29, 0.717) is 6.54 Å². The van der Waals surface area contributed by atoms with Gasteiger partial charge in [-0.1, -0.05) is 0 Å². The van der Waals surface area contributed by atoms with Crippen LogP contribution in [0.3, 0.4) is 0 Å². The molecule has 0 aliphatic carbocycles. The highest BCUT2D eigenvalue weighted by atomic mass is 32.2. The maximum Gasteiger partial charge on any atom is 0.259 e. The fourth-order valence-electron chi connectivity index (χ4n) is 1.96. The molecular weight excluding hydrogens is 240 g/mol. The number of hydrogen-bond donors (Lipinski definition) is 2. The third kappa shape index (κ3) is 2.67. The summed E-state index contributed by atoms with van der Waals surface area (Å²) >= 11 is 0. The van der Waals surface area contributed by atoms with E-state index >= 15 is 0 Å².